The zero-order valence-corrected chi connectivity index (χ0v) is 6.75. The van der Waals surface area contributed by atoms with Gasteiger partial charge in [-0.25, -0.2) is 0 Å². The Morgan fingerprint density at radius 1 is 1.50 bits per heavy atom. The molecule has 0 unspecified atom stereocenters. The first-order valence-electron chi connectivity index (χ1n) is 4.05. The minimum atomic E-state index is -2.74. The molecule has 0 amide bonds. The summed E-state index contributed by atoms with van der Waals surface area (Å²) in [6.07, 6.45) is 2.61. The summed E-state index contributed by atoms with van der Waals surface area (Å²) in [5, 5.41) is 10.3. The quantitative estimate of drug-likeness (QED) is 0.715. The van der Waals surface area contributed by atoms with E-state index in [2.05, 4.69) is 4.74 Å². The number of halogens is 2. The zero-order valence-electron chi connectivity index (χ0n) is 6.75. The maximum atomic E-state index is 11.6. The lowest BCUT2D eigenvalue weighted by Gasteiger charge is -2.29. The first-order chi connectivity index (χ1) is 5.70. The van der Waals surface area contributed by atoms with Crippen molar-refractivity contribution in [1.29, 1.82) is 0 Å². The monoisotopic (exact) mass is 181 g/mol. The van der Waals surface area contributed by atoms with E-state index < -0.39 is 6.61 Å². The molecular formula is C7H13F2NO2. The van der Waals surface area contributed by atoms with Crippen LogP contribution in [0.1, 0.15) is 19.3 Å². The van der Waals surface area contributed by atoms with Gasteiger partial charge in [0, 0.05) is 6.54 Å². The van der Waals surface area contributed by atoms with Crippen LogP contribution in [0.5, 0.6) is 0 Å². The SMILES string of the molecule is ON1CCCC[C@@H]1COC(F)F. The third-order valence-electron chi connectivity index (χ3n) is 2.01. The van der Waals surface area contributed by atoms with Crippen molar-refractivity contribution in [2.75, 3.05) is 13.2 Å². The van der Waals surface area contributed by atoms with Crippen molar-refractivity contribution >= 4 is 0 Å². The minimum Gasteiger partial charge on any atom is -0.321 e. The van der Waals surface area contributed by atoms with Gasteiger partial charge in [-0.3, -0.25) is 0 Å². The number of alkyl halides is 2. The van der Waals surface area contributed by atoms with E-state index in [0.29, 0.717) is 6.54 Å². The van der Waals surface area contributed by atoms with Gasteiger partial charge in [-0.05, 0) is 12.8 Å². The van der Waals surface area contributed by atoms with E-state index in [1.165, 1.54) is 0 Å². The Bertz CT molecular complexity index is 135. The summed E-state index contributed by atoms with van der Waals surface area (Å²) >= 11 is 0. The van der Waals surface area contributed by atoms with Crippen LogP contribution in [-0.4, -0.2) is 36.1 Å². The summed E-state index contributed by atoms with van der Waals surface area (Å²) in [5.41, 5.74) is 0. The molecule has 1 saturated heterocycles. The summed E-state index contributed by atoms with van der Waals surface area (Å²) in [4.78, 5) is 0. The van der Waals surface area contributed by atoms with E-state index in [-0.39, 0.29) is 12.6 Å². The topological polar surface area (TPSA) is 32.7 Å². The Hall–Kier alpha value is -0.260. The van der Waals surface area contributed by atoms with Gasteiger partial charge in [0.2, 0.25) is 0 Å². The van der Waals surface area contributed by atoms with Crippen molar-refractivity contribution in [2.24, 2.45) is 0 Å². The van der Waals surface area contributed by atoms with Crippen molar-refractivity contribution < 1.29 is 18.7 Å². The van der Waals surface area contributed by atoms with Gasteiger partial charge in [-0.1, -0.05) is 6.42 Å². The number of hydroxylamine groups is 2. The summed E-state index contributed by atoms with van der Waals surface area (Å²) in [6, 6.07) is -0.257. The van der Waals surface area contributed by atoms with Gasteiger partial charge in [-0.2, -0.15) is 13.8 Å². The largest absolute Gasteiger partial charge is 0.345 e. The molecule has 1 atom stereocenters. The third kappa shape index (κ3) is 3.00. The standard InChI is InChI=1S/C7H13F2NO2/c8-7(9)12-5-6-3-1-2-4-10(6)11/h6-7,11H,1-5H2/t6-/m1/s1. The summed E-state index contributed by atoms with van der Waals surface area (Å²) in [7, 11) is 0. The second kappa shape index (κ2) is 4.69. The molecule has 0 bridgehead atoms. The molecule has 1 fully saturated rings. The van der Waals surface area contributed by atoms with Gasteiger partial charge in [0.1, 0.15) is 0 Å². The molecule has 0 aliphatic carbocycles. The fraction of sp³-hybridized carbons (Fsp3) is 1.00. The predicted molar refractivity (Wildman–Crippen MR) is 38.1 cm³/mol. The molecule has 0 aromatic rings. The van der Waals surface area contributed by atoms with Crippen molar-refractivity contribution in [3.63, 3.8) is 0 Å². The number of ether oxygens (including phenoxy) is 1. The van der Waals surface area contributed by atoms with E-state index in [1.807, 2.05) is 0 Å². The molecule has 0 aromatic heterocycles. The van der Waals surface area contributed by atoms with Crippen molar-refractivity contribution in [3.8, 4) is 0 Å². The van der Waals surface area contributed by atoms with Gasteiger partial charge in [-0.15, -0.1) is 0 Å². The Morgan fingerprint density at radius 3 is 2.83 bits per heavy atom. The predicted octanol–water partition coefficient (Wildman–Crippen LogP) is 1.47. The lowest BCUT2D eigenvalue weighted by Crippen LogP contribution is -2.40. The molecule has 72 valence electrons. The molecular weight excluding hydrogens is 168 g/mol. The van der Waals surface area contributed by atoms with Gasteiger partial charge < -0.3 is 9.94 Å². The molecule has 1 aliphatic rings. The Labute approximate surface area is 69.9 Å². The van der Waals surface area contributed by atoms with E-state index in [4.69, 9.17) is 0 Å². The summed E-state index contributed by atoms with van der Waals surface area (Å²) < 4.78 is 27.3. The van der Waals surface area contributed by atoms with Crippen molar-refractivity contribution in [1.82, 2.24) is 5.06 Å². The van der Waals surface area contributed by atoms with Crippen LogP contribution in [0.3, 0.4) is 0 Å². The number of nitrogens with zero attached hydrogens (tertiary/aromatic N) is 1. The van der Waals surface area contributed by atoms with Crippen LogP contribution in [0.4, 0.5) is 8.78 Å². The second-order valence-corrected chi connectivity index (χ2v) is 2.91. The Kier molecular flexibility index (Phi) is 3.84. The maximum Gasteiger partial charge on any atom is 0.345 e. The average molecular weight is 181 g/mol. The molecule has 1 aliphatic heterocycles. The molecule has 0 spiro atoms. The molecule has 0 aromatic carbocycles. The Balaban J connectivity index is 2.20. The minimum absolute atomic E-state index is 0.0891. The molecule has 12 heavy (non-hydrogen) atoms. The highest BCUT2D eigenvalue weighted by atomic mass is 19.3. The normalized spacial score (nSPS) is 26.5. The van der Waals surface area contributed by atoms with Crippen molar-refractivity contribution in [3.05, 3.63) is 0 Å². The average Bonchev–Trinajstić information content (AvgIpc) is 2.03. The highest BCUT2D eigenvalue weighted by Gasteiger charge is 2.21. The van der Waals surface area contributed by atoms with E-state index in [0.717, 1.165) is 24.3 Å². The van der Waals surface area contributed by atoms with E-state index in [9.17, 15) is 14.0 Å². The van der Waals surface area contributed by atoms with Gasteiger partial charge in [0.15, 0.2) is 0 Å². The third-order valence-corrected chi connectivity index (χ3v) is 2.01. The molecule has 0 radical (unpaired) electrons. The van der Waals surface area contributed by atoms with Crippen LogP contribution in [0.25, 0.3) is 0 Å². The molecule has 1 rings (SSSR count). The van der Waals surface area contributed by atoms with Crippen molar-refractivity contribution in [2.45, 2.75) is 31.9 Å². The van der Waals surface area contributed by atoms with E-state index >= 15 is 0 Å². The first kappa shape index (κ1) is 9.83. The van der Waals surface area contributed by atoms with Crippen LogP contribution in [0.15, 0.2) is 0 Å². The number of piperidine rings is 1. The van der Waals surface area contributed by atoms with Gasteiger partial charge in [0.05, 0.1) is 12.6 Å². The Morgan fingerprint density at radius 2 is 2.25 bits per heavy atom. The lowest BCUT2D eigenvalue weighted by atomic mass is 10.1. The van der Waals surface area contributed by atoms with Gasteiger partial charge >= 0.3 is 6.61 Å². The second-order valence-electron chi connectivity index (χ2n) is 2.91. The number of hydrogen-bond acceptors (Lipinski definition) is 3. The highest BCUT2D eigenvalue weighted by molar-refractivity contribution is 4.70. The maximum absolute atomic E-state index is 11.6. The fourth-order valence-corrected chi connectivity index (χ4v) is 1.34. The van der Waals surface area contributed by atoms with Gasteiger partial charge in [0.25, 0.3) is 0 Å². The molecule has 1 N–H and O–H groups in total. The summed E-state index contributed by atoms with van der Waals surface area (Å²) in [6.45, 7) is -2.27. The zero-order chi connectivity index (χ0) is 8.97. The smallest absolute Gasteiger partial charge is 0.321 e. The van der Waals surface area contributed by atoms with Crippen LogP contribution >= 0.6 is 0 Å². The summed E-state index contributed by atoms with van der Waals surface area (Å²) in [5.74, 6) is 0. The molecule has 3 nitrogen and oxygen atoms in total. The molecule has 1 heterocycles. The number of hydrogen-bond donors (Lipinski definition) is 1. The fourth-order valence-electron chi connectivity index (χ4n) is 1.34. The molecule has 5 heteroatoms. The first-order valence-corrected chi connectivity index (χ1v) is 4.05. The van der Waals surface area contributed by atoms with Crippen LogP contribution in [0.2, 0.25) is 0 Å². The van der Waals surface area contributed by atoms with Crippen LogP contribution < -0.4 is 0 Å². The lowest BCUT2D eigenvalue weighted by molar-refractivity contribution is -0.193. The van der Waals surface area contributed by atoms with Crippen LogP contribution in [0, 0.1) is 0 Å². The molecule has 0 saturated carbocycles. The van der Waals surface area contributed by atoms with Crippen LogP contribution in [-0.2, 0) is 4.74 Å². The highest BCUT2D eigenvalue weighted by Crippen LogP contribution is 2.15. The van der Waals surface area contributed by atoms with E-state index in [1.54, 1.807) is 0 Å². The number of rotatable bonds is 3.